The Balaban J connectivity index is 1.43. The monoisotopic (exact) mass is 419 g/mol. The number of imide groups is 1. The van der Waals surface area contributed by atoms with Gasteiger partial charge in [-0.05, 0) is 23.6 Å². The van der Waals surface area contributed by atoms with Gasteiger partial charge in [0.25, 0.3) is 11.8 Å². The highest BCUT2D eigenvalue weighted by Crippen LogP contribution is 2.39. The molecule has 2 aromatic carbocycles. The molecule has 0 bridgehead atoms. The molecule has 3 aliphatic heterocycles. The Labute approximate surface area is 183 Å². The molecule has 5 rings (SSSR count). The lowest BCUT2D eigenvalue weighted by molar-refractivity contribution is -0.135. The number of hydrogen-bond acceptors (Lipinski definition) is 5. The lowest BCUT2D eigenvalue weighted by atomic mass is 9.80. The Morgan fingerprint density at radius 3 is 2.10 bits per heavy atom. The van der Waals surface area contributed by atoms with Gasteiger partial charge in [-0.1, -0.05) is 56.3 Å². The second-order valence-electron chi connectivity index (χ2n) is 9.26. The molecule has 1 N–H and O–H groups in total. The van der Waals surface area contributed by atoms with E-state index in [0.717, 1.165) is 13.1 Å². The highest BCUT2D eigenvalue weighted by molar-refractivity contribution is 6.21. The molecule has 2 fully saturated rings. The van der Waals surface area contributed by atoms with Crippen molar-refractivity contribution in [3.8, 4) is 0 Å². The van der Waals surface area contributed by atoms with Crippen molar-refractivity contribution >= 4 is 11.8 Å². The van der Waals surface area contributed by atoms with Crippen molar-refractivity contribution in [1.82, 2.24) is 14.7 Å². The Kier molecular flexibility index (Phi) is 5.16. The summed E-state index contributed by atoms with van der Waals surface area (Å²) in [7, 11) is 0. The van der Waals surface area contributed by atoms with Crippen LogP contribution in [0.2, 0.25) is 0 Å². The third kappa shape index (κ3) is 3.21. The van der Waals surface area contributed by atoms with Gasteiger partial charge in [-0.2, -0.15) is 0 Å². The van der Waals surface area contributed by atoms with E-state index >= 15 is 0 Å². The van der Waals surface area contributed by atoms with Crippen molar-refractivity contribution in [3.63, 3.8) is 0 Å². The Hall–Kier alpha value is -2.54. The zero-order chi connectivity index (χ0) is 21.7. The number of aliphatic hydroxyl groups excluding tert-OH is 1. The summed E-state index contributed by atoms with van der Waals surface area (Å²) in [6.45, 7) is 6.61. The minimum absolute atomic E-state index is 0.0274. The number of fused-ring (bicyclic) bond motifs is 2. The molecule has 6 nitrogen and oxygen atoms in total. The van der Waals surface area contributed by atoms with E-state index in [4.69, 9.17) is 0 Å². The highest BCUT2D eigenvalue weighted by Gasteiger charge is 2.56. The van der Waals surface area contributed by atoms with E-state index in [1.54, 1.807) is 12.1 Å². The van der Waals surface area contributed by atoms with Gasteiger partial charge in [-0.3, -0.25) is 24.3 Å². The van der Waals surface area contributed by atoms with Crippen LogP contribution in [0.3, 0.4) is 0 Å². The molecular formula is C25H29N3O3. The molecule has 31 heavy (non-hydrogen) atoms. The number of rotatable bonds is 5. The van der Waals surface area contributed by atoms with Gasteiger partial charge in [0.05, 0.1) is 23.8 Å². The average Bonchev–Trinajstić information content (AvgIpc) is 3.01. The number of aliphatic hydroxyl groups is 1. The van der Waals surface area contributed by atoms with Crippen molar-refractivity contribution in [2.45, 2.75) is 44.6 Å². The standard InChI is InChI=1S/C25H29N3O3/c1-16(2)23-22(15-29)26(12-17-8-4-3-5-9-17)13-20-21(14-27(20)23)28-24(30)18-10-6-7-11-19(18)25(28)31/h3-11,16,20-23,29H,12-15H2,1-2H3/t20-,21+,22+,23+/m0/s1. The molecule has 0 unspecified atom stereocenters. The van der Waals surface area contributed by atoms with Crippen LogP contribution >= 0.6 is 0 Å². The molecule has 0 saturated carbocycles. The highest BCUT2D eigenvalue weighted by atomic mass is 16.3. The second-order valence-corrected chi connectivity index (χ2v) is 9.26. The van der Waals surface area contributed by atoms with E-state index in [9.17, 15) is 14.7 Å². The molecule has 2 aromatic rings. The molecular weight excluding hydrogens is 390 g/mol. The van der Waals surface area contributed by atoms with E-state index < -0.39 is 0 Å². The Morgan fingerprint density at radius 2 is 1.52 bits per heavy atom. The predicted octanol–water partition coefficient (Wildman–Crippen LogP) is 2.24. The summed E-state index contributed by atoms with van der Waals surface area (Å²) in [5.41, 5.74) is 2.22. The SMILES string of the molecule is CC(C)[C@@H]1[C@@H](CO)N(Cc2ccccc2)C[C@H]2[C@H](N3C(=O)c4ccccc4C3=O)CN12. The van der Waals surface area contributed by atoms with Crippen LogP contribution in [0.5, 0.6) is 0 Å². The van der Waals surface area contributed by atoms with Crippen LogP contribution in [0, 0.1) is 5.92 Å². The number of carbonyl (C=O) groups is 2. The molecule has 3 heterocycles. The molecule has 162 valence electrons. The van der Waals surface area contributed by atoms with Crippen LogP contribution in [-0.2, 0) is 6.54 Å². The molecule has 4 atom stereocenters. The summed E-state index contributed by atoms with van der Waals surface area (Å²) in [6, 6.07) is 17.5. The zero-order valence-corrected chi connectivity index (χ0v) is 18.0. The fourth-order valence-electron chi connectivity index (χ4n) is 5.75. The maximum Gasteiger partial charge on any atom is 0.261 e. The lowest BCUT2D eigenvalue weighted by Crippen LogP contribution is -2.79. The number of carbonyl (C=O) groups excluding carboxylic acids is 2. The first-order chi connectivity index (χ1) is 15.0. The third-order valence-electron chi connectivity index (χ3n) is 7.19. The maximum absolute atomic E-state index is 13.1. The number of hydrogen-bond donors (Lipinski definition) is 1. The first kappa shape index (κ1) is 20.4. The van der Waals surface area contributed by atoms with Crippen LogP contribution < -0.4 is 0 Å². The van der Waals surface area contributed by atoms with Gasteiger partial charge in [0, 0.05) is 37.8 Å². The van der Waals surface area contributed by atoms with Crippen LogP contribution in [0.25, 0.3) is 0 Å². The van der Waals surface area contributed by atoms with Gasteiger partial charge in [0.2, 0.25) is 0 Å². The first-order valence-electron chi connectivity index (χ1n) is 11.1. The lowest BCUT2D eigenvalue weighted by Gasteiger charge is -2.62. The largest absolute Gasteiger partial charge is 0.395 e. The van der Waals surface area contributed by atoms with E-state index in [1.165, 1.54) is 10.5 Å². The zero-order valence-electron chi connectivity index (χ0n) is 18.0. The van der Waals surface area contributed by atoms with Gasteiger partial charge < -0.3 is 5.11 Å². The molecule has 0 aliphatic carbocycles. The van der Waals surface area contributed by atoms with Crippen molar-refractivity contribution in [3.05, 3.63) is 71.3 Å². The minimum atomic E-state index is -0.176. The van der Waals surface area contributed by atoms with Crippen molar-refractivity contribution in [1.29, 1.82) is 0 Å². The Morgan fingerprint density at radius 1 is 0.903 bits per heavy atom. The predicted molar refractivity (Wildman–Crippen MR) is 118 cm³/mol. The number of piperazine rings is 1. The molecule has 3 aliphatic rings. The molecule has 2 saturated heterocycles. The number of nitrogens with zero attached hydrogens (tertiary/aromatic N) is 3. The van der Waals surface area contributed by atoms with E-state index in [0.29, 0.717) is 23.6 Å². The fourth-order valence-corrected chi connectivity index (χ4v) is 5.75. The van der Waals surface area contributed by atoms with Crippen molar-refractivity contribution < 1.29 is 14.7 Å². The van der Waals surface area contributed by atoms with Gasteiger partial charge in [-0.15, -0.1) is 0 Å². The van der Waals surface area contributed by atoms with E-state index in [1.807, 2.05) is 30.3 Å². The van der Waals surface area contributed by atoms with Crippen molar-refractivity contribution in [2.75, 3.05) is 19.7 Å². The molecule has 2 amide bonds. The van der Waals surface area contributed by atoms with Crippen molar-refractivity contribution in [2.24, 2.45) is 5.92 Å². The normalized spacial score (nSPS) is 28.6. The van der Waals surface area contributed by atoms with E-state index in [2.05, 4.69) is 35.8 Å². The average molecular weight is 420 g/mol. The van der Waals surface area contributed by atoms with Gasteiger partial charge >= 0.3 is 0 Å². The van der Waals surface area contributed by atoms with Gasteiger partial charge in [0.1, 0.15) is 0 Å². The van der Waals surface area contributed by atoms with Crippen LogP contribution in [-0.4, -0.2) is 75.5 Å². The summed E-state index contributed by atoms with van der Waals surface area (Å²) in [5.74, 6) is -0.00294. The minimum Gasteiger partial charge on any atom is -0.395 e. The summed E-state index contributed by atoms with van der Waals surface area (Å²) in [4.78, 5) is 32.3. The van der Waals surface area contributed by atoms with Gasteiger partial charge in [0.15, 0.2) is 0 Å². The summed E-state index contributed by atoms with van der Waals surface area (Å²) in [6.07, 6.45) is 0. The maximum atomic E-state index is 13.1. The fraction of sp³-hybridized carbons (Fsp3) is 0.440. The molecule has 0 spiro atoms. The quantitative estimate of drug-likeness (QED) is 0.753. The smallest absolute Gasteiger partial charge is 0.261 e. The molecule has 0 radical (unpaired) electrons. The molecule has 0 aromatic heterocycles. The molecule has 6 heteroatoms. The van der Waals surface area contributed by atoms with Crippen LogP contribution in [0.15, 0.2) is 54.6 Å². The summed E-state index contributed by atoms with van der Waals surface area (Å²) < 4.78 is 0. The number of benzene rings is 2. The summed E-state index contributed by atoms with van der Waals surface area (Å²) in [5, 5.41) is 10.3. The topological polar surface area (TPSA) is 64.1 Å². The number of amides is 2. The van der Waals surface area contributed by atoms with Gasteiger partial charge in [-0.25, -0.2) is 0 Å². The van der Waals surface area contributed by atoms with Crippen LogP contribution in [0.1, 0.15) is 40.1 Å². The van der Waals surface area contributed by atoms with Crippen LogP contribution in [0.4, 0.5) is 0 Å². The Bertz CT molecular complexity index is 958. The summed E-state index contributed by atoms with van der Waals surface area (Å²) >= 11 is 0. The van der Waals surface area contributed by atoms with E-state index in [-0.39, 0.29) is 42.6 Å². The second kappa shape index (κ2) is 7.86. The third-order valence-corrected chi connectivity index (χ3v) is 7.19. The first-order valence-corrected chi connectivity index (χ1v) is 11.1.